The van der Waals surface area contributed by atoms with Crippen molar-refractivity contribution in [2.24, 2.45) is 0 Å². The molecule has 0 fully saturated rings. The van der Waals surface area contributed by atoms with Gasteiger partial charge in [0.1, 0.15) is 17.8 Å². The van der Waals surface area contributed by atoms with Gasteiger partial charge in [0.25, 0.3) is 0 Å². The summed E-state index contributed by atoms with van der Waals surface area (Å²) in [6.45, 7) is 0. The van der Waals surface area contributed by atoms with E-state index in [4.69, 9.17) is 9.47 Å². The van der Waals surface area contributed by atoms with Gasteiger partial charge in [0.2, 0.25) is 11.8 Å². The second-order valence-electron chi connectivity index (χ2n) is 6.36. The van der Waals surface area contributed by atoms with Crippen LogP contribution < -0.4 is 14.8 Å². The highest BCUT2D eigenvalue weighted by atomic mass is 16.5. The number of hydrogen-bond donors (Lipinski definition) is 1. The second kappa shape index (κ2) is 8.87. The predicted molar refractivity (Wildman–Crippen MR) is 117 cm³/mol. The van der Waals surface area contributed by atoms with E-state index in [1.54, 1.807) is 25.3 Å². The second-order valence-corrected chi connectivity index (χ2v) is 6.36. The van der Waals surface area contributed by atoms with Crippen LogP contribution in [0, 0.1) is 0 Å². The fraction of sp³-hybridized carbons (Fsp3) is 0.0417. The van der Waals surface area contributed by atoms with E-state index in [1.165, 1.54) is 12.4 Å². The predicted octanol–water partition coefficient (Wildman–Crippen LogP) is 5.08. The van der Waals surface area contributed by atoms with Crippen LogP contribution in [-0.2, 0) is 4.79 Å². The summed E-state index contributed by atoms with van der Waals surface area (Å²) in [5.41, 5.74) is 2.15. The largest absolute Gasteiger partial charge is 0.495 e. The molecule has 0 aliphatic carbocycles. The van der Waals surface area contributed by atoms with Gasteiger partial charge in [-0.25, -0.2) is 9.97 Å². The Labute approximate surface area is 173 Å². The topological polar surface area (TPSA) is 73.3 Å². The monoisotopic (exact) mass is 397 g/mol. The Hall–Kier alpha value is -4.19. The van der Waals surface area contributed by atoms with Crippen molar-refractivity contribution in [3.05, 3.63) is 90.8 Å². The van der Waals surface area contributed by atoms with Gasteiger partial charge >= 0.3 is 0 Å². The molecule has 1 heterocycles. The van der Waals surface area contributed by atoms with E-state index in [0.717, 1.165) is 16.5 Å². The van der Waals surface area contributed by atoms with E-state index >= 15 is 0 Å². The first-order valence-electron chi connectivity index (χ1n) is 9.33. The third-order valence-corrected chi connectivity index (χ3v) is 4.41. The van der Waals surface area contributed by atoms with Crippen LogP contribution in [0.1, 0.15) is 5.56 Å². The van der Waals surface area contributed by atoms with E-state index in [9.17, 15) is 4.79 Å². The minimum absolute atomic E-state index is 0.276. The smallest absolute Gasteiger partial charge is 0.248 e. The molecule has 6 nitrogen and oxygen atoms in total. The van der Waals surface area contributed by atoms with Gasteiger partial charge in [0.05, 0.1) is 23.7 Å². The highest BCUT2D eigenvalue weighted by Crippen LogP contribution is 2.29. The van der Waals surface area contributed by atoms with Crippen LogP contribution in [-0.4, -0.2) is 23.0 Å². The van der Waals surface area contributed by atoms with Crippen molar-refractivity contribution in [3.63, 3.8) is 0 Å². The van der Waals surface area contributed by atoms with E-state index < -0.39 is 0 Å². The minimum atomic E-state index is -0.276. The lowest BCUT2D eigenvalue weighted by molar-refractivity contribution is -0.111. The Morgan fingerprint density at radius 3 is 2.50 bits per heavy atom. The quantitative estimate of drug-likeness (QED) is 0.459. The van der Waals surface area contributed by atoms with E-state index in [1.807, 2.05) is 60.7 Å². The molecule has 1 amide bonds. The molecule has 0 saturated heterocycles. The highest BCUT2D eigenvalue weighted by Gasteiger charge is 2.09. The number of methoxy groups -OCH3 is 1. The maximum absolute atomic E-state index is 12.4. The molecule has 0 unspecified atom stereocenters. The molecular weight excluding hydrogens is 378 g/mol. The molecule has 1 N–H and O–H groups in total. The van der Waals surface area contributed by atoms with Gasteiger partial charge in [-0.15, -0.1) is 0 Å². The van der Waals surface area contributed by atoms with Crippen molar-refractivity contribution in [1.82, 2.24) is 9.97 Å². The first-order chi connectivity index (χ1) is 14.7. The number of nitrogens with one attached hydrogen (secondary N) is 1. The van der Waals surface area contributed by atoms with Crippen LogP contribution in [0.5, 0.6) is 17.4 Å². The Morgan fingerprint density at radius 1 is 0.900 bits per heavy atom. The molecule has 0 radical (unpaired) electrons. The molecule has 3 aromatic carbocycles. The maximum Gasteiger partial charge on any atom is 0.248 e. The SMILES string of the molecule is COc1ccccc1NC(=O)/C=C/c1ccccc1Oc1ncnc2ccccc12. The van der Waals surface area contributed by atoms with Crippen molar-refractivity contribution in [2.75, 3.05) is 12.4 Å². The zero-order valence-corrected chi connectivity index (χ0v) is 16.3. The van der Waals surface area contributed by atoms with E-state index in [2.05, 4.69) is 15.3 Å². The summed E-state index contributed by atoms with van der Waals surface area (Å²) in [6.07, 6.45) is 4.62. The molecule has 0 spiro atoms. The van der Waals surface area contributed by atoms with Gasteiger partial charge < -0.3 is 14.8 Å². The lowest BCUT2D eigenvalue weighted by atomic mass is 10.2. The molecule has 4 aromatic rings. The number of rotatable bonds is 6. The van der Waals surface area contributed by atoms with Crippen LogP contribution in [0.3, 0.4) is 0 Å². The number of carbonyl (C=O) groups is 1. The summed E-state index contributed by atoms with van der Waals surface area (Å²) in [7, 11) is 1.56. The van der Waals surface area contributed by atoms with E-state index in [0.29, 0.717) is 23.1 Å². The summed E-state index contributed by atoms with van der Waals surface area (Å²) in [4.78, 5) is 20.9. The Kier molecular flexibility index (Phi) is 5.66. The number of hydrogen-bond acceptors (Lipinski definition) is 5. The van der Waals surface area contributed by atoms with Crippen LogP contribution in [0.4, 0.5) is 5.69 Å². The Balaban J connectivity index is 1.55. The van der Waals surface area contributed by atoms with Gasteiger partial charge in [-0.3, -0.25) is 4.79 Å². The van der Waals surface area contributed by atoms with Gasteiger partial charge in [0.15, 0.2) is 0 Å². The summed E-state index contributed by atoms with van der Waals surface area (Å²) in [6, 6.07) is 22.3. The first-order valence-corrected chi connectivity index (χ1v) is 9.33. The molecule has 1 aromatic heterocycles. The third-order valence-electron chi connectivity index (χ3n) is 4.41. The fourth-order valence-corrected chi connectivity index (χ4v) is 2.96. The Morgan fingerprint density at radius 2 is 1.63 bits per heavy atom. The van der Waals surface area contributed by atoms with Gasteiger partial charge in [-0.1, -0.05) is 42.5 Å². The number of fused-ring (bicyclic) bond motifs is 1. The molecule has 0 aliphatic heterocycles. The molecule has 0 aliphatic rings. The number of anilines is 1. The summed E-state index contributed by atoms with van der Waals surface area (Å²) in [5.74, 6) is 1.36. The number of para-hydroxylation sites is 4. The minimum Gasteiger partial charge on any atom is -0.495 e. The molecule has 148 valence electrons. The van der Waals surface area contributed by atoms with E-state index in [-0.39, 0.29) is 5.91 Å². The first kappa shape index (κ1) is 19.1. The molecule has 30 heavy (non-hydrogen) atoms. The third kappa shape index (κ3) is 4.28. The number of aromatic nitrogens is 2. The number of nitrogens with zero attached hydrogens (tertiary/aromatic N) is 2. The number of ether oxygens (including phenoxy) is 2. The lowest BCUT2D eigenvalue weighted by Crippen LogP contribution is -2.08. The molecule has 0 bridgehead atoms. The number of carbonyl (C=O) groups excluding carboxylic acids is 1. The summed E-state index contributed by atoms with van der Waals surface area (Å²) >= 11 is 0. The van der Waals surface area contributed by atoms with Gasteiger partial charge in [-0.05, 0) is 36.4 Å². The molecule has 4 rings (SSSR count). The maximum atomic E-state index is 12.4. The summed E-state index contributed by atoms with van der Waals surface area (Å²) < 4.78 is 11.3. The van der Waals surface area contributed by atoms with Gasteiger partial charge in [-0.2, -0.15) is 0 Å². The zero-order chi connectivity index (χ0) is 20.8. The van der Waals surface area contributed by atoms with Crippen LogP contribution >= 0.6 is 0 Å². The van der Waals surface area contributed by atoms with Crippen molar-refractivity contribution < 1.29 is 14.3 Å². The molecular formula is C24H19N3O3. The number of amides is 1. The Bertz CT molecular complexity index is 1220. The average molecular weight is 397 g/mol. The van der Waals surface area contributed by atoms with Gasteiger partial charge in [0, 0.05) is 11.6 Å². The standard InChI is InChI=1S/C24H19N3O3/c1-29-22-13-7-5-11-20(22)27-23(28)15-14-17-8-2-6-12-21(17)30-24-18-9-3-4-10-19(18)25-16-26-24/h2-16H,1H3,(H,27,28)/b15-14+. The van der Waals surface area contributed by atoms with Crippen molar-refractivity contribution in [3.8, 4) is 17.4 Å². The molecule has 0 saturated carbocycles. The van der Waals surface area contributed by atoms with Crippen molar-refractivity contribution >= 4 is 28.6 Å². The lowest BCUT2D eigenvalue weighted by Gasteiger charge is -2.10. The summed E-state index contributed by atoms with van der Waals surface area (Å²) in [5, 5.41) is 3.63. The van der Waals surface area contributed by atoms with Crippen LogP contribution in [0.15, 0.2) is 85.2 Å². The highest BCUT2D eigenvalue weighted by molar-refractivity contribution is 6.03. The average Bonchev–Trinajstić information content (AvgIpc) is 2.79. The molecule has 0 atom stereocenters. The van der Waals surface area contributed by atoms with Crippen molar-refractivity contribution in [1.29, 1.82) is 0 Å². The fourth-order valence-electron chi connectivity index (χ4n) is 2.96. The molecule has 6 heteroatoms. The zero-order valence-electron chi connectivity index (χ0n) is 16.3. The van der Waals surface area contributed by atoms with Crippen LogP contribution in [0.2, 0.25) is 0 Å². The van der Waals surface area contributed by atoms with Crippen LogP contribution in [0.25, 0.3) is 17.0 Å². The normalized spacial score (nSPS) is 10.8. The van der Waals surface area contributed by atoms with Crippen molar-refractivity contribution in [2.45, 2.75) is 0 Å². The number of benzene rings is 3.